The Hall–Kier alpha value is -2.19. The van der Waals surface area contributed by atoms with Crippen molar-refractivity contribution < 1.29 is 14.3 Å². The zero-order valence-electron chi connectivity index (χ0n) is 13.5. The number of carbonyl (C=O) groups excluding carboxylic acids is 2. The monoisotopic (exact) mass is 348 g/mol. The highest BCUT2D eigenvalue weighted by molar-refractivity contribution is 7.22. The van der Waals surface area contributed by atoms with Gasteiger partial charge in [0.1, 0.15) is 6.54 Å². The molecule has 0 atom stereocenters. The van der Waals surface area contributed by atoms with Gasteiger partial charge in [-0.3, -0.25) is 10.1 Å². The smallest absolute Gasteiger partial charge is 0.324 e. The summed E-state index contributed by atoms with van der Waals surface area (Å²) < 4.78 is 6.04. The van der Waals surface area contributed by atoms with Crippen molar-refractivity contribution >= 4 is 38.6 Å². The molecular formula is C16H20N4O3S. The second kappa shape index (κ2) is 7.59. The second-order valence-electron chi connectivity index (χ2n) is 5.57. The van der Waals surface area contributed by atoms with Crippen molar-refractivity contribution in [1.82, 2.24) is 14.8 Å². The number of carbonyl (C=O) groups is 2. The first-order valence-electron chi connectivity index (χ1n) is 7.85. The average molecular weight is 348 g/mol. The third-order valence-corrected chi connectivity index (χ3v) is 4.85. The lowest BCUT2D eigenvalue weighted by Crippen LogP contribution is -2.42. The molecule has 1 saturated heterocycles. The molecule has 2 aromatic rings. The van der Waals surface area contributed by atoms with Crippen LogP contribution in [0.1, 0.15) is 6.42 Å². The number of anilines is 1. The summed E-state index contributed by atoms with van der Waals surface area (Å²) in [5.74, 6) is -0.0519. The number of methoxy groups -OCH3 is 1. The van der Waals surface area contributed by atoms with Crippen LogP contribution in [0.5, 0.6) is 0 Å². The first-order valence-corrected chi connectivity index (χ1v) is 8.67. The summed E-state index contributed by atoms with van der Waals surface area (Å²) in [7, 11) is 1.61. The van der Waals surface area contributed by atoms with Gasteiger partial charge in [-0.2, -0.15) is 0 Å². The molecule has 1 aliphatic rings. The van der Waals surface area contributed by atoms with Gasteiger partial charge < -0.3 is 14.5 Å². The number of hydrogen-bond acceptors (Lipinski definition) is 5. The standard InChI is InChI=1S/C16H20N4O3S/c1-23-10-9-19-7-4-8-20(11-14(19)21)16(22)18-15-17-12-5-2-3-6-13(12)24-15/h2-3,5-6H,4,7-11H2,1H3,(H,17,18,22). The molecular weight excluding hydrogens is 328 g/mol. The van der Waals surface area contributed by atoms with E-state index in [9.17, 15) is 9.59 Å². The molecule has 24 heavy (non-hydrogen) atoms. The van der Waals surface area contributed by atoms with Crippen LogP contribution in [0, 0.1) is 0 Å². The molecule has 128 valence electrons. The van der Waals surface area contributed by atoms with Gasteiger partial charge in [-0.05, 0) is 18.6 Å². The van der Waals surface area contributed by atoms with Crippen LogP contribution in [0.25, 0.3) is 10.2 Å². The molecule has 8 heteroatoms. The number of fused-ring (bicyclic) bond motifs is 1. The predicted octanol–water partition coefficient (Wildman–Crippen LogP) is 2.01. The molecule has 1 fully saturated rings. The molecule has 1 aromatic heterocycles. The van der Waals surface area contributed by atoms with E-state index in [2.05, 4.69) is 10.3 Å². The molecule has 1 N–H and O–H groups in total. The predicted molar refractivity (Wildman–Crippen MR) is 93.3 cm³/mol. The Labute approximate surface area is 144 Å². The van der Waals surface area contributed by atoms with Crippen LogP contribution < -0.4 is 5.32 Å². The Balaban J connectivity index is 1.63. The van der Waals surface area contributed by atoms with Crippen molar-refractivity contribution in [2.24, 2.45) is 0 Å². The first kappa shape index (κ1) is 16.7. The van der Waals surface area contributed by atoms with E-state index in [0.717, 1.165) is 16.6 Å². The SMILES string of the molecule is COCCN1CCCN(C(=O)Nc2nc3ccccc3s2)CC1=O. The lowest BCUT2D eigenvalue weighted by Gasteiger charge is -2.21. The first-order chi connectivity index (χ1) is 11.7. The molecule has 3 rings (SSSR count). The van der Waals surface area contributed by atoms with Crippen molar-refractivity contribution in [2.75, 3.05) is 45.2 Å². The fourth-order valence-electron chi connectivity index (χ4n) is 2.63. The normalized spacial score (nSPS) is 15.6. The third-order valence-electron chi connectivity index (χ3n) is 3.90. The average Bonchev–Trinajstić information content (AvgIpc) is 2.88. The van der Waals surface area contributed by atoms with Crippen LogP contribution in [0.4, 0.5) is 9.93 Å². The number of ether oxygens (including phenoxy) is 1. The number of hydrogen-bond donors (Lipinski definition) is 1. The van der Waals surface area contributed by atoms with E-state index in [1.165, 1.54) is 11.3 Å². The van der Waals surface area contributed by atoms with E-state index in [1.54, 1.807) is 16.9 Å². The van der Waals surface area contributed by atoms with Crippen LogP contribution in [0.15, 0.2) is 24.3 Å². The van der Waals surface area contributed by atoms with Crippen LogP contribution in [0.3, 0.4) is 0 Å². The third kappa shape index (κ3) is 3.82. The van der Waals surface area contributed by atoms with Crippen LogP contribution in [-0.2, 0) is 9.53 Å². The van der Waals surface area contributed by atoms with Crippen molar-refractivity contribution in [3.63, 3.8) is 0 Å². The molecule has 0 aliphatic carbocycles. The summed E-state index contributed by atoms with van der Waals surface area (Å²) >= 11 is 1.43. The Bertz CT molecular complexity index is 700. The number of para-hydroxylation sites is 1. The summed E-state index contributed by atoms with van der Waals surface area (Å²) in [4.78, 5) is 32.4. The highest BCUT2D eigenvalue weighted by atomic mass is 32.1. The maximum atomic E-state index is 12.4. The fourth-order valence-corrected chi connectivity index (χ4v) is 3.48. The summed E-state index contributed by atoms with van der Waals surface area (Å²) in [6.07, 6.45) is 0.753. The van der Waals surface area contributed by atoms with Crippen LogP contribution in [-0.4, -0.2) is 66.6 Å². The molecule has 7 nitrogen and oxygen atoms in total. The quantitative estimate of drug-likeness (QED) is 0.917. The molecule has 0 bridgehead atoms. The molecule has 1 aliphatic heterocycles. The zero-order valence-corrected chi connectivity index (χ0v) is 14.3. The van der Waals surface area contributed by atoms with E-state index in [1.807, 2.05) is 24.3 Å². The number of rotatable bonds is 4. The van der Waals surface area contributed by atoms with Crippen molar-refractivity contribution in [3.05, 3.63) is 24.3 Å². The molecule has 0 unspecified atom stereocenters. The van der Waals surface area contributed by atoms with E-state index >= 15 is 0 Å². The molecule has 3 amide bonds. The molecule has 2 heterocycles. The zero-order chi connectivity index (χ0) is 16.9. The topological polar surface area (TPSA) is 74.8 Å². The van der Waals surface area contributed by atoms with Gasteiger partial charge in [0, 0.05) is 26.7 Å². The minimum absolute atomic E-state index is 0.0519. The van der Waals surface area contributed by atoms with E-state index in [4.69, 9.17) is 4.74 Å². The van der Waals surface area contributed by atoms with E-state index in [-0.39, 0.29) is 18.5 Å². The fraction of sp³-hybridized carbons (Fsp3) is 0.438. The van der Waals surface area contributed by atoms with Crippen molar-refractivity contribution in [1.29, 1.82) is 0 Å². The van der Waals surface area contributed by atoms with Gasteiger partial charge in [0.05, 0.1) is 16.8 Å². The number of amides is 3. The van der Waals surface area contributed by atoms with Gasteiger partial charge >= 0.3 is 6.03 Å². The minimum Gasteiger partial charge on any atom is -0.383 e. The maximum Gasteiger partial charge on any atom is 0.324 e. The maximum absolute atomic E-state index is 12.4. The highest BCUT2D eigenvalue weighted by Gasteiger charge is 2.25. The highest BCUT2D eigenvalue weighted by Crippen LogP contribution is 2.25. The van der Waals surface area contributed by atoms with Gasteiger partial charge in [0.2, 0.25) is 5.91 Å². The number of aromatic nitrogens is 1. The van der Waals surface area contributed by atoms with Gasteiger partial charge in [-0.25, -0.2) is 9.78 Å². The summed E-state index contributed by atoms with van der Waals surface area (Å²) in [6, 6.07) is 7.44. The van der Waals surface area contributed by atoms with Gasteiger partial charge in [0.15, 0.2) is 5.13 Å². The Morgan fingerprint density at radius 1 is 1.38 bits per heavy atom. The summed E-state index contributed by atoms with van der Waals surface area (Å²) in [6.45, 7) is 2.34. The van der Waals surface area contributed by atoms with Crippen LogP contribution in [0.2, 0.25) is 0 Å². The Morgan fingerprint density at radius 2 is 2.21 bits per heavy atom. The van der Waals surface area contributed by atoms with Gasteiger partial charge in [0.25, 0.3) is 0 Å². The molecule has 0 radical (unpaired) electrons. The van der Waals surface area contributed by atoms with Crippen molar-refractivity contribution in [3.8, 4) is 0 Å². The summed E-state index contributed by atoms with van der Waals surface area (Å²) in [5, 5.41) is 3.36. The number of nitrogens with zero attached hydrogens (tertiary/aromatic N) is 3. The van der Waals surface area contributed by atoms with Gasteiger partial charge in [-0.15, -0.1) is 0 Å². The summed E-state index contributed by atoms with van der Waals surface area (Å²) in [5.41, 5.74) is 0.857. The Kier molecular flexibility index (Phi) is 5.27. The lowest BCUT2D eigenvalue weighted by atomic mass is 10.3. The van der Waals surface area contributed by atoms with Gasteiger partial charge in [-0.1, -0.05) is 23.5 Å². The van der Waals surface area contributed by atoms with E-state index in [0.29, 0.717) is 31.4 Å². The molecule has 1 aromatic carbocycles. The number of thiazole rings is 1. The molecule has 0 spiro atoms. The second-order valence-corrected chi connectivity index (χ2v) is 6.60. The number of benzene rings is 1. The lowest BCUT2D eigenvalue weighted by molar-refractivity contribution is -0.131. The van der Waals surface area contributed by atoms with Crippen molar-refractivity contribution in [2.45, 2.75) is 6.42 Å². The van der Waals surface area contributed by atoms with E-state index < -0.39 is 0 Å². The minimum atomic E-state index is -0.281. The Morgan fingerprint density at radius 3 is 3.00 bits per heavy atom. The number of nitrogens with one attached hydrogen (secondary N) is 1. The molecule has 0 saturated carbocycles. The van der Waals surface area contributed by atoms with Crippen LogP contribution >= 0.6 is 11.3 Å². The number of urea groups is 1. The largest absolute Gasteiger partial charge is 0.383 e.